The number of nitrogens with zero attached hydrogens (tertiary/aromatic N) is 2. The molecule has 14 heavy (non-hydrogen) atoms. The predicted molar refractivity (Wildman–Crippen MR) is 57.7 cm³/mol. The maximum absolute atomic E-state index is 11.0. The van der Waals surface area contributed by atoms with Gasteiger partial charge >= 0.3 is 5.69 Å². The summed E-state index contributed by atoms with van der Waals surface area (Å²) >= 11 is 1.57. The number of aromatic nitrogens is 3. The summed E-state index contributed by atoms with van der Waals surface area (Å²) in [6.07, 6.45) is 0. The molecule has 0 aliphatic carbocycles. The van der Waals surface area contributed by atoms with Crippen LogP contribution in [-0.2, 0) is 7.05 Å². The zero-order valence-electron chi connectivity index (χ0n) is 8.70. The largest absolute Gasteiger partial charge is 0.343 e. The minimum Gasteiger partial charge on any atom is -0.314 e. The molecule has 0 atom stereocenters. The Kier molecular flexibility index (Phi) is 4.21. The van der Waals surface area contributed by atoms with E-state index in [9.17, 15) is 4.79 Å². The SMILES string of the molecule is CC(C)NCCSc1n[nH]c(=O)n1C. The topological polar surface area (TPSA) is 62.7 Å². The van der Waals surface area contributed by atoms with E-state index in [0.29, 0.717) is 6.04 Å². The Balaban J connectivity index is 2.32. The Bertz CT molecular complexity index is 330. The molecule has 80 valence electrons. The number of rotatable bonds is 5. The van der Waals surface area contributed by atoms with E-state index < -0.39 is 0 Å². The number of nitrogens with one attached hydrogen (secondary N) is 2. The lowest BCUT2D eigenvalue weighted by Gasteiger charge is -2.06. The predicted octanol–water partition coefficient (Wildman–Crippen LogP) is 0.198. The summed E-state index contributed by atoms with van der Waals surface area (Å²) in [5.74, 6) is 0.913. The van der Waals surface area contributed by atoms with Crippen molar-refractivity contribution in [2.75, 3.05) is 12.3 Å². The van der Waals surface area contributed by atoms with Gasteiger partial charge in [-0.2, -0.15) is 0 Å². The van der Waals surface area contributed by atoms with Gasteiger partial charge in [0.05, 0.1) is 0 Å². The Labute approximate surface area is 87.3 Å². The van der Waals surface area contributed by atoms with Crippen LogP contribution in [0.1, 0.15) is 13.8 Å². The second-order valence-corrected chi connectivity index (χ2v) is 4.39. The highest BCUT2D eigenvalue weighted by molar-refractivity contribution is 7.99. The zero-order valence-corrected chi connectivity index (χ0v) is 9.52. The third-order valence-corrected chi connectivity index (χ3v) is 2.76. The summed E-state index contributed by atoms with van der Waals surface area (Å²) in [5, 5.41) is 10.3. The van der Waals surface area contributed by atoms with Crippen LogP contribution in [0.5, 0.6) is 0 Å². The second-order valence-electron chi connectivity index (χ2n) is 3.33. The van der Waals surface area contributed by atoms with Crippen molar-refractivity contribution in [2.24, 2.45) is 7.05 Å². The fourth-order valence-electron chi connectivity index (χ4n) is 0.952. The summed E-state index contributed by atoms with van der Waals surface area (Å²) in [7, 11) is 1.71. The molecule has 5 nitrogen and oxygen atoms in total. The fraction of sp³-hybridized carbons (Fsp3) is 0.750. The lowest BCUT2D eigenvalue weighted by molar-refractivity contribution is 0.615. The summed E-state index contributed by atoms with van der Waals surface area (Å²) in [4.78, 5) is 11.0. The number of hydrogen-bond donors (Lipinski definition) is 2. The monoisotopic (exact) mass is 216 g/mol. The van der Waals surface area contributed by atoms with Crippen molar-refractivity contribution in [3.8, 4) is 0 Å². The highest BCUT2D eigenvalue weighted by Crippen LogP contribution is 2.10. The third-order valence-electron chi connectivity index (χ3n) is 1.72. The quantitative estimate of drug-likeness (QED) is 0.545. The average Bonchev–Trinajstić information content (AvgIpc) is 2.43. The highest BCUT2D eigenvalue weighted by atomic mass is 32.2. The van der Waals surface area contributed by atoms with Crippen LogP contribution in [0.2, 0.25) is 0 Å². The molecule has 0 bridgehead atoms. The van der Waals surface area contributed by atoms with Crippen LogP contribution in [0.3, 0.4) is 0 Å². The van der Waals surface area contributed by atoms with Crippen molar-refractivity contribution in [1.82, 2.24) is 20.1 Å². The van der Waals surface area contributed by atoms with E-state index in [0.717, 1.165) is 17.5 Å². The summed E-state index contributed by atoms with van der Waals surface area (Å²) in [5.41, 5.74) is -0.163. The Morgan fingerprint density at radius 3 is 2.86 bits per heavy atom. The number of H-pyrrole nitrogens is 1. The van der Waals surface area contributed by atoms with E-state index in [1.807, 2.05) is 0 Å². The molecule has 0 spiro atoms. The molecule has 0 saturated carbocycles. The van der Waals surface area contributed by atoms with E-state index in [1.165, 1.54) is 4.57 Å². The molecule has 2 N–H and O–H groups in total. The molecule has 1 rings (SSSR count). The summed E-state index contributed by atoms with van der Waals surface area (Å²) in [6, 6.07) is 0.499. The molecule has 0 unspecified atom stereocenters. The van der Waals surface area contributed by atoms with Crippen molar-refractivity contribution in [1.29, 1.82) is 0 Å². The van der Waals surface area contributed by atoms with Crippen molar-refractivity contribution < 1.29 is 0 Å². The second kappa shape index (κ2) is 5.21. The molecule has 6 heteroatoms. The lowest BCUT2D eigenvalue weighted by Crippen LogP contribution is -2.25. The maximum Gasteiger partial charge on any atom is 0.343 e. The first kappa shape index (κ1) is 11.3. The molecule has 1 aromatic heterocycles. The highest BCUT2D eigenvalue weighted by Gasteiger charge is 2.03. The molecule has 0 aromatic carbocycles. The van der Waals surface area contributed by atoms with Gasteiger partial charge in [-0.25, -0.2) is 9.89 Å². The normalized spacial score (nSPS) is 11.1. The van der Waals surface area contributed by atoms with E-state index in [2.05, 4.69) is 29.4 Å². The number of aromatic amines is 1. The van der Waals surface area contributed by atoms with Crippen LogP contribution in [-0.4, -0.2) is 33.1 Å². The average molecular weight is 216 g/mol. The van der Waals surface area contributed by atoms with Crippen molar-refractivity contribution in [2.45, 2.75) is 25.0 Å². The molecular formula is C8H16N4OS. The van der Waals surface area contributed by atoms with E-state index in [1.54, 1.807) is 18.8 Å². The standard InChI is InChI=1S/C8H16N4OS/c1-6(2)9-4-5-14-8-11-10-7(13)12(8)3/h6,9H,4-5H2,1-3H3,(H,10,13). The third kappa shape index (κ3) is 3.19. The van der Waals surface area contributed by atoms with Gasteiger partial charge < -0.3 is 5.32 Å². The molecule has 0 saturated heterocycles. The maximum atomic E-state index is 11.0. The lowest BCUT2D eigenvalue weighted by atomic mass is 10.4. The van der Waals surface area contributed by atoms with Gasteiger partial charge in [-0.1, -0.05) is 25.6 Å². The molecule has 0 radical (unpaired) electrons. The van der Waals surface area contributed by atoms with Gasteiger partial charge in [0.1, 0.15) is 0 Å². The first-order chi connectivity index (χ1) is 6.61. The molecule has 0 fully saturated rings. The van der Waals surface area contributed by atoms with Gasteiger partial charge in [0.25, 0.3) is 0 Å². The molecule has 1 aromatic rings. The van der Waals surface area contributed by atoms with Crippen LogP contribution < -0.4 is 11.0 Å². The molecule has 1 heterocycles. The Morgan fingerprint density at radius 2 is 2.36 bits per heavy atom. The van der Waals surface area contributed by atoms with Gasteiger partial charge in [-0.15, -0.1) is 5.10 Å². The smallest absolute Gasteiger partial charge is 0.314 e. The fourth-order valence-corrected chi connectivity index (χ4v) is 1.74. The van der Waals surface area contributed by atoms with E-state index in [-0.39, 0.29) is 5.69 Å². The molecule has 0 amide bonds. The van der Waals surface area contributed by atoms with Crippen molar-refractivity contribution >= 4 is 11.8 Å². The molecule has 0 aliphatic heterocycles. The van der Waals surface area contributed by atoms with Crippen LogP contribution in [0.25, 0.3) is 0 Å². The first-order valence-corrected chi connectivity index (χ1v) is 5.57. The van der Waals surface area contributed by atoms with Gasteiger partial charge in [0.15, 0.2) is 5.16 Å². The van der Waals surface area contributed by atoms with Crippen molar-refractivity contribution in [3.05, 3.63) is 10.5 Å². The van der Waals surface area contributed by atoms with Crippen molar-refractivity contribution in [3.63, 3.8) is 0 Å². The Hall–Kier alpha value is -0.750. The van der Waals surface area contributed by atoms with E-state index >= 15 is 0 Å². The Morgan fingerprint density at radius 1 is 1.64 bits per heavy atom. The summed E-state index contributed by atoms with van der Waals surface area (Å²) < 4.78 is 1.51. The van der Waals surface area contributed by atoms with Crippen LogP contribution in [0.4, 0.5) is 0 Å². The van der Waals surface area contributed by atoms with Crippen LogP contribution in [0.15, 0.2) is 9.95 Å². The van der Waals surface area contributed by atoms with Gasteiger partial charge in [-0.3, -0.25) is 4.57 Å². The van der Waals surface area contributed by atoms with Crippen LogP contribution in [0, 0.1) is 0 Å². The van der Waals surface area contributed by atoms with Gasteiger partial charge in [-0.05, 0) is 0 Å². The zero-order chi connectivity index (χ0) is 10.6. The minimum absolute atomic E-state index is 0.163. The molecular weight excluding hydrogens is 200 g/mol. The minimum atomic E-state index is -0.163. The number of hydrogen-bond acceptors (Lipinski definition) is 4. The first-order valence-electron chi connectivity index (χ1n) is 4.59. The van der Waals surface area contributed by atoms with Gasteiger partial charge in [0, 0.05) is 25.4 Å². The van der Waals surface area contributed by atoms with Gasteiger partial charge in [0.2, 0.25) is 0 Å². The number of thioether (sulfide) groups is 1. The molecule has 0 aliphatic rings. The van der Waals surface area contributed by atoms with E-state index in [4.69, 9.17) is 0 Å². The van der Waals surface area contributed by atoms with Crippen LogP contribution >= 0.6 is 11.8 Å². The summed E-state index contributed by atoms with van der Waals surface area (Å²) in [6.45, 7) is 5.13.